The van der Waals surface area contributed by atoms with E-state index in [4.69, 9.17) is 12.2 Å². The van der Waals surface area contributed by atoms with Gasteiger partial charge in [0.15, 0.2) is 0 Å². The molecule has 0 rings (SSSR count). The van der Waals surface area contributed by atoms with E-state index in [0.717, 1.165) is 6.42 Å². The third kappa shape index (κ3) is 3.99. The van der Waals surface area contributed by atoms with E-state index in [1.54, 1.807) is 7.05 Å². The first-order chi connectivity index (χ1) is 5.61. The largest absolute Gasteiger partial charge is 0.335 e. The van der Waals surface area contributed by atoms with Crippen LogP contribution in [0.2, 0.25) is 0 Å². The van der Waals surface area contributed by atoms with Gasteiger partial charge in [-0.3, -0.25) is 4.79 Å². The van der Waals surface area contributed by atoms with Crippen molar-refractivity contribution >= 4 is 5.91 Å². The molecule has 1 atom stereocenters. The number of nitrogens with two attached hydrogens (primary N) is 1. The van der Waals surface area contributed by atoms with Crippen molar-refractivity contribution in [1.29, 1.82) is 0 Å². The fraction of sp³-hybridized carbons (Fsp3) is 0.667. The lowest BCUT2D eigenvalue weighted by Gasteiger charge is -2.16. The van der Waals surface area contributed by atoms with Crippen molar-refractivity contribution in [1.82, 2.24) is 4.90 Å². The third-order valence-electron chi connectivity index (χ3n) is 1.72. The van der Waals surface area contributed by atoms with Crippen molar-refractivity contribution in [2.45, 2.75) is 25.8 Å². The van der Waals surface area contributed by atoms with Gasteiger partial charge in [0.1, 0.15) is 0 Å². The van der Waals surface area contributed by atoms with Gasteiger partial charge in [-0.15, -0.1) is 6.42 Å². The summed E-state index contributed by atoms with van der Waals surface area (Å²) in [5, 5.41) is 0. The lowest BCUT2D eigenvalue weighted by atomic mass is 10.1. The number of amides is 1. The summed E-state index contributed by atoms with van der Waals surface area (Å²) >= 11 is 0. The molecule has 0 fully saturated rings. The summed E-state index contributed by atoms with van der Waals surface area (Å²) in [5.41, 5.74) is 5.61. The van der Waals surface area contributed by atoms with Gasteiger partial charge in [0.2, 0.25) is 5.91 Å². The van der Waals surface area contributed by atoms with E-state index in [2.05, 4.69) is 5.92 Å². The zero-order valence-corrected chi connectivity index (χ0v) is 7.71. The highest BCUT2D eigenvalue weighted by molar-refractivity contribution is 5.76. The van der Waals surface area contributed by atoms with E-state index < -0.39 is 0 Å². The van der Waals surface area contributed by atoms with Gasteiger partial charge < -0.3 is 10.6 Å². The first kappa shape index (κ1) is 11.0. The highest BCUT2D eigenvalue weighted by Gasteiger charge is 2.10. The highest BCUT2D eigenvalue weighted by Crippen LogP contribution is 1.97. The zero-order chi connectivity index (χ0) is 9.56. The van der Waals surface area contributed by atoms with Crippen LogP contribution < -0.4 is 5.73 Å². The molecule has 0 aliphatic rings. The topological polar surface area (TPSA) is 46.3 Å². The Morgan fingerprint density at radius 1 is 1.75 bits per heavy atom. The quantitative estimate of drug-likeness (QED) is 0.610. The van der Waals surface area contributed by atoms with Crippen LogP contribution in [0.25, 0.3) is 0 Å². The monoisotopic (exact) mass is 168 g/mol. The molecule has 3 heteroatoms. The van der Waals surface area contributed by atoms with Crippen LogP contribution in [0.3, 0.4) is 0 Å². The van der Waals surface area contributed by atoms with Crippen LogP contribution in [0.15, 0.2) is 0 Å². The summed E-state index contributed by atoms with van der Waals surface area (Å²) in [5.74, 6) is 2.42. The molecule has 1 amide bonds. The first-order valence-electron chi connectivity index (χ1n) is 4.04. The van der Waals surface area contributed by atoms with Gasteiger partial charge in [0.25, 0.3) is 0 Å². The molecule has 0 aromatic rings. The maximum atomic E-state index is 11.3. The number of rotatable bonds is 4. The molecule has 3 nitrogen and oxygen atoms in total. The standard InChI is InChI=1S/C9H16N2O/c1-4-6-11(3)9(12)7-8(10)5-2/h1,8H,5-7,10H2,2-3H3. The molecule has 0 bridgehead atoms. The van der Waals surface area contributed by atoms with Gasteiger partial charge in [-0.05, 0) is 6.42 Å². The number of terminal acetylenes is 1. The van der Waals surface area contributed by atoms with Crippen molar-refractivity contribution in [2.75, 3.05) is 13.6 Å². The Kier molecular flexibility index (Phi) is 5.14. The van der Waals surface area contributed by atoms with E-state index in [0.29, 0.717) is 13.0 Å². The molecule has 68 valence electrons. The minimum atomic E-state index is -0.0438. The molecular formula is C9H16N2O. The fourth-order valence-electron chi connectivity index (χ4n) is 0.750. The maximum absolute atomic E-state index is 11.3. The molecule has 0 radical (unpaired) electrons. The molecule has 12 heavy (non-hydrogen) atoms. The predicted octanol–water partition coefficient (Wildman–Crippen LogP) is 0.205. The summed E-state index contributed by atoms with van der Waals surface area (Å²) < 4.78 is 0. The van der Waals surface area contributed by atoms with E-state index in [1.807, 2.05) is 6.92 Å². The van der Waals surface area contributed by atoms with E-state index >= 15 is 0 Å². The van der Waals surface area contributed by atoms with Crippen LogP contribution in [-0.4, -0.2) is 30.4 Å². The van der Waals surface area contributed by atoms with Crippen LogP contribution >= 0.6 is 0 Å². The summed E-state index contributed by atoms with van der Waals surface area (Å²) in [6.07, 6.45) is 6.25. The molecule has 0 aliphatic carbocycles. The second kappa shape index (κ2) is 5.62. The third-order valence-corrected chi connectivity index (χ3v) is 1.72. The number of hydrogen-bond donors (Lipinski definition) is 1. The van der Waals surface area contributed by atoms with Crippen molar-refractivity contribution in [3.05, 3.63) is 0 Å². The number of carbonyl (C=O) groups is 1. The van der Waals surface area contributed by atoms with Crippen LogP contribution in [0, 0.1) is 12.3 Å². The number of hydrogen-bond acceptors (Lipinski definition) is 2. The van der Waals surface area contributed by atoms with Crippen LogP contribution in [0.4, 0.5) is 0 Å². The highest BCUT2D eigenvalue weighted by atomic mass is 16.2. The van der Waals surface area contributed by atoms with Crippen molar-refractivity contribution < 1.29 is 4.79 Å². The Morgan fingerprint density at radius 2 is 2.33 bits per heavy atom. The minimum Gasteiger partial charge on any atom is -0.335 e. The smallest absolute Gasteiger partial charge is 0.224 e. The SMILES string of the molecule is C#CCN(C)C(=O)CC(N)CC. The van der Waals surface area contributed by atoms with Crippen molar-refractivity contribution in [2.24, 2.45) is 5.73 Å². The molecule has 0 aliphatic heterocycles. The second-order valence-electron chi connectivity index (χ2n) is 2.83. The van der Waals surface area contributed by atoms with Crippen LogP contribution in [0.5, 0.6) is 0 Å². The molecule has 0 saturated heterocycles. The summed E-state index contributed by atoms with van der Waals surface area (Å²) in [4.78, 5) is 12.8. The van der Waals surface area contributed by atoms with Crippen LogP contribution in [0.1, 0.15) is 19.8 Å². The lowest BCUT2D eigenvalue weighted by molar-refractivity contribution is -0.129. The Labute approximate surface area is 73.9 Å². The Morgan fingerprint density at radius 3 is 2.75 bits per heavy atom. The first-order valence-corrected chi connectivity index (χ1v) is 4.04. The van der Waals surface area contributed by atoms with E-state index in [9.17, 15) is 4.79 Å². The van der Waals surface area contributed by atoms with Gasteiger partial charge in [0.05, 0.1) is 6.54 Å². The molecular weight excluding hydrogens is 152 g/mol. The van der Waals surface area contributed by atoms with Crippen molar-refractivity contribution in [3.8, 4) is 12.3 Å². The summed E-state index contributed by atoms with van der Waals surface area (Å²) in [6, 6.07) is -0.0438. The summed E-state index contributed by atoms with van der Waals surface area (Å²) in [7, 11) is 1.69. The van der Waals surface area contributed by atoms with Gasteiger partial charge >= 0.3 is 0 Å². The predicted molar refractivity (Wildman–Crippen MR) is 49.4 cm³/mol. The summed E-state index contributed by atoms with van der Waals surface area (Å²) in [6.45, 7) is 2.31. The van der Waals surface area contributed by atoms with E-state index in [1.165, 1.54) is 4.90 Å². The van der Waals surface area contributed by atoms with Gasteiger partial charge in [-0.2, -0.15) is 0 Å². The number of carbonyl (C=O) groups excluding carboxylic acids is 1. The zero-order valence-electron chi connectivity index (χ0n) is 7.71. The average Bonchev–Trinajstić information content (AvgIpc) is 2.04. The minimum absolute atomic E-state index is 0.0160. The maximum Gasteiger partial charge on any atom is 0.224 e. The molecule has 2 N–H and O–H groups in total. The second-order valence-corrected chi connectivity index (χ2v) is 2.83. The van der Waals surface area contributed by atoms with Gasteiger partial charge in [-0.25, -0.2) is 0 Å². The van der Waals surface area contributed by atoms with Gasteiger partial charge in [0, 0.05) is 19.5 Å². The molecule has 0 saturated carbocycles. The average molecular weight is 168 g/mol. The molecule has 0 aromatic carbocycles. The fourth-order valence-corrected chi connectivity index (χ4v) is 0.750. The normalized spacial score (nSPS) is 11.8. The molecule has 0 heterocycles. The van der Waals surface area contributed by atoms with Gasteiger partial charge in [-0.1, -0.05) is 12.8 Å². The lowest BCUT2D eigenvalue weighted by Crippen LogP contribution is -2.33. The molecule has 1 unspecified atom stereocenters. The Hall–Kier alpha value is -1.01. The Bertz CT molecular complexity index is 183. The molecule has 0 aromatic heterocycles. The van der Waals surface area contributed by atoms with Crippen molar-refractivity contribution in [3.63, 3.8) is 0 Å². The van der Waals surface area contributed by atoms with E-state index in [-0.39, 0.29) is 11.9 Å². The van der Waals surface area contributed by atoms with Crippen LogP contribution in [-0.2, 0) is 4.79 Å². The number of nitrogens with zero attached hydrogens (tertiary/aromatic N) is 1. The molecule has 0 spiro atoms. The Balaban J connectivity index is 3.80.